The van der Waals surface area contributed by atoms with Crippen molar-refractivity contribution in [2.75, 3.05) is 31.5 Å². The first-order chi connectivity index (χ1) is 23.6. The lowest BCUT2D eigenvalue weighted by Gasteiger charge is -2.20. The molecule has 14 nitrogen and oxygen atoms in total. The van der Waals surface area contributed by atoms with Crippen LogP contribution >= 0.6 is 0 Å². The number of carbonyl (C=O) groups excluding carboxylic acids is 3. The van der Waals surface area contributed by atoms with Crippen molar-refractivity contribution in [3.8, 4) is 22.6 Å². The summed E-state index contributed by atoms with van der Waals surface area (Å²) in [6.07, 6.45) is 12.3. The van der Waals surface area contributed by atoms with Gasteiger partial charge in [-0.05, 0) is 55.5 Å². The predicted molar refractivity (Wildman–Crippen MR) is 182 cm³/mol. The summed E-state index contributed by atoms with van der Waals surface area (Å²) in [5.41, 5.74) is 4.15. The van der Waals surface area contributed by atoms with Crippen LogP contribution in [-0.4, -0.2) is 68.2 Å². The van der Waals surface area contributed by atoms with Gasteiger partial charge in [0.05, 0.1) is 32.9 Å². The van der Waals surface area contributed by atoms with Crippen LogP contribution in [0.1, 0.15) is 58.9 Å². The molecule has 3 aromatic heterocycles. The number of rotatable bonds is 11. The minimum atomic E-state index is -0.440. The molecule has 2 amide bonds. The normalized spacial score (nSPS) is 15.2. The smallest absolute Gasteiger partial charge is 0.354 e. The third-order valence-electron chi connectivity index (χ3n) is 8.71. The molecule has 2 aliphatic rings. The largest absolute Gasteiger partial charge is 0.618 e. The molecule has 0 bridgehead atoms. The molecule has 1 unspecified atom stereocenters. The topological polar surface area (TPSA) is 157 Å². The van der Waals surface area contributed by atoms with Gasteiger partial charge in [-0.3, -0.25) is 9.59 Å². The maximum atomic E-state index is 13.0. The van der Waals surface area contributed by atoms with Gasteiger partial charge in [-0.25, -0.2) is 9.78 Å². The van der Waals surface area contributed by atoms with Crippen molar-refractivity contribution in [1.82, 2.24) is 18.7 Å². The third kappa shape index (κ3) is 7.08. The lowest BCUT2D eigenvalue weighted by Crippen LogP contribution is -2.18. The third-order valence-corrected chi connectivity index (χ3v) is 8.71. The molecule has 0 spiro atoms. The standard InChI is InChI=1S/C35H39N7O7/c1-39-17-24(16-27(39)35(45)48-4)22-11-13-25(14-12-22)36-34(44)33-38-30(21-40(33)2)37-31(43)10-7-15-49-29-20-41-18-23-8-5-6-9-26(23)42(46)19-28(41)32(29)47-3/h9,11-14,16-17,19-21,23H,5-8,10,15,18H2,1-4H3,(H,36,44)(H,37,43). The quantitative estimate of drug-likeness (QED) is 0.101. The average Bonchev–Trinajstić information content (AvgIpc) is 3.74. The number of fused-ring (bicyclic) bond motifs is 2. The Labute approximate surface area is 283 Å². The molecule has 1 aliphatic carbocycles. The summed E-state index contributed by atoms with van der Waals surface area (Å²) in [4.78, 5) is 42.0. The van der Waals surface area contributed by atoms with Crippen molar-refractivity contribution < 1.29 is 33.3 Å². The lowest BCUT2D eigenvalue weighted by molar-refractivity contribution is -0.406. The summed E-state index contributed by atoms with van der Waals surface area (Å²) in [6.45, 7) is 0.928. The molecule has 49 heavy (non-hydrogen) atoms. The summed E-state index contributed by atoms with van der Waals surface area (Å²) >= 11 is 0. The Bertz CT molecular complexity index is 1950. The second-order valence-electron chi connectivity index (χ2n) is 12.1. The number of nitrogens with one attached hydrogen (secondary N) is 2. The van der Waals surface area contributed by atoms with Gasteiger partial charge in [-0.15, -0.1) is 0 Å². The molecule has 2 N–H and O–H groups in total. The number of anilines is 2. The van der Waals surface area contributed by atoms with E-state index in [0.717, 1.165) is 40.8 Å². The van der Waals surface area contributed by atoms with E-state index in [1.54, 1.807) is 56.4 Å². The van der Waals surface area contributed by atoms with Crippen LogP contribution in [0.5, 0.6) is 11.5 Å². The summed E-state index contributed by atoms with van der Waals surface area (Å²) in [5, 5.41) is 18.4. The van der Waals surface area contributed by atoms with E-state index >= 15 is 0 Å². The molecule has 1 aliphatic heterocycles. The highest BCUT2D eigenvalue weighted by atomic mass is 16.5. The van der Waals surface area contributed by atoms with Gasteiger partial charge in [0.15, 0.2) is 28.7 Å². The first kappa shape index (κ1) is 33.1. The minimum Gasteiger partial charge on any atom is -0.618 e. The predicted octanol–water partition coefficient (Wildman–Crippen LogP) is 4.70. The number of hydrogen-bond acceptors (Lipinski definition) is 8. The van der Waals surface area contributed by atoms with Crippen LogP contribution in [0.25, 0.3) is 11.1 Å². The molecule has 256 valence electrons. The fourth-order valence-corrected chi connectivity index (χ4v) is 6.25. The zero-order chi connectivity index (χ0) is 34.7. The number of hydroxylamine groups is 1. The van der Waals surface area contributed by atoms with Crippen LogP contribution in [0.2, 0.25) is 0 Å². The summed E-state index contributed by atoms with van der Waals surface area (Å²) in [6, 6.07) is 8.93. The number of benzene rings is 1. The van der Waals surface area contributed by atoms with Crippen LogP contribution in [0.4, 0.5) is 11.5 Å². The van der Waals surface area contributed by atoms with E-state index in [4.69, 9.17) is 14.2 Å². The number of amides is 2. The summed E-state index contributed by atoms with van der Waals surface area (Å²) in [7, 11) is 6.32. The number of allylic oxidation sites excluding steroid dienone is 2. The SMILES string of the molecule is COC(=O)c1cc(-c2ccc(NC(=O)c3nc(NC(=O)CCCOc4cn5c(c4OC)C=[N+]([O-])C4=CCCCC4C5)cn3C)cc2)cn1C. The van der Waals surface area contributed by atoms with E-state index in [0.29, 0.717) is 41.5 Å². The van der Waals surface area contributed by atoms with Crippen LogP contribution in [-0.2, 0) is 30.2 Å². The number of aryl methyl sites for hydroxylation is 2. The zero-order valence-electron chi connectivity index (χ0n) is 27.9. The number of hydrogen-bond donors (Lipinski definition) is 2. The number of nitrogens with zero attached hydrogens (tertiary/aromatic N) is 5. The van der Waals surface area contributed by atoms with Crippen molar-refractivity contribution in [3.05, 3.63) is 83.1 Å². The average molecular weight is 670 g/mol. The summed E-state index contributed by atoms with van der Waals surface area (Å²) in [5.74, 6) is 0.404. The number of aromatic nitrogens is 4. The van der Waals surface area contributed by atoms with E-state index in [1.165, 1.54) is 11.7 Å². The van der Waals surface area contributed by atoms with Crippen LogP contribution in [0, 0.1) is 11.1 Å². The maximum absolute atomic E-state index is 13.0. The van der Waals surface area contributed by atoms with E-state index in [9.17, 15) is 19.6 Å². The number of methoxy groups -OCH3 is 2. The van der Waals surface area contributed by atoms with Gasteiger partial charge in [0.1, 0.15) is 5.69 Å². The molecule has 14 heteroatoms. The Morgan fingerprint density at radius 3 is 2.59 bits per heavy atom. The van der Waals surface area contributed by atoms with Gasteiger partial charge < -0.3 is 43.8 Å². The Balaban J connectivity index is 1.00. The van der Waals surface area contributed by atoms with Crippen LogP contribution in [0.3, 0.4) is 0 Å². The van der Waals surface area contributed by atoms with Crippen molar-refractivity contribution in [1.29, 1.82) is 0 Å². The molecule has 0 fully saturated rings. The molecule has 1 atom stereocenters. The number of esters is 1. The Hall–Kier alpha value is -5.79. The fourth-order valence-electron chi connectivity index (χ4n) is 6.25. The van der Waals surface area contributed by atoms with Crippen molar-refractivity contribution >= 4 is 35.5 Å². The molecule has 4 aromatic rings. The summed E-state index contributed by atoms with van der Waals surface area (Å²) < 4.78 is 22.6. The van der Waals surface area contributed by atoms with Gasteiger partial charge in [0, 0.05) is 50.7 Å². The zero-order valence-corrected chi connectivity index (χ0v) is 27.9. The monoisotopic (exact) mass is 669 g/mol. The number of ether oxygens (including phenoxy) is 3. The van der Waals surface area contributed by atoms with Gasteiger partial charge in [0.2, 0.25) is 17.9 Å². The molecule has 4 heterocycles. The van der Waals surface area contributed by atoms with Crippen LogP contribution < -0.4 is 20.1 Å². The molecule has 0 saturated heterocycles. The van der Waals surface area contributed by atoms with Crippen molar-refractivity contribution in [2.45, 2.75) is 38.6 Å². The number of carbonyl (C=O) groups is 3. The second kappa shape index (κ2) is 14.1. The maximum Gasteiger partial charge on any atom is 0.354 e. The highest BCUT2D eigenvalue weighted by Crippen LogP contribution is 2.37. The highest BCUT2D eigenvalue weighted by molar-refractivity contribution is 6.02. The fraction of sp³-hybridized carbons (Fsp3) is 0.343. The second-order valence-corrected chi connectivity index (χ2v) is 12.1. The lowest BCUT2D eigenvalue weighted by atomic mass is 9.92. The molecule has 6 rings (SSSR count). The van der Waals surface area contributed by atoms with E-state index in [2.05, 4.69) is 15.6 Å². The van der Waals surface area contributed by atoms with E-state index in [-0.39, 0.29) is 36.5 Å². The Morgan fingerprint density at radius 1 is 1.04 bits per heavy atom. The van der Waals surface area contributed by atoms with E-state index in [1.807, 2.05) is 35.2 Å². The minimum absolute atomic E-state index is 0.123. The first-order valence-electron chi connectivity index (χ1n) is 16.1. The molecular formula is C35H39N7O7. The Morgan fingerprint density at radius 2 is 1.84 bits per heavy atom. The highest BCUT2D eigenvalue weighted by Gasteiger charge is 2.31. The van der Waals surface area contributed by atoms with Gasteiger partial charge in [-0.1, -0.05) is 12.1 Å². The van der Waals surface area contributed by atoms with E-state index < -0.39 is 11.9 Å². The number of imidazole rings is 1. The molecular weight excluding hydrogens is 630 g/mol. The van der Waals surface area contributed by atoms with Crippen molar-refractivity contribution in [2.24, 2.45) is 20.0 Å². The molecule has 1 aromatic carbocycles. The van der Waals surface area contributed by atoms with Gasteiger partial charge in [-0.2, -0.15) is 4.74 Å². The van der Waals surface area contributed by atoms with Crippen molar-refractivity contribution in [3.63, 3.8) is 0 Å². The van der Waals surface area contributed by atoms with Crippen LogP contribution in [0.15, 0.2) is 60.7 Å². The van der Waals surface area contributed by atoms with Gasteiger partial charge in [0.25, 0.3) is 5.91 Å². The molecule has 0 radical (unpaired) electrons. The molecule has 0 saturated carbocycles. The van der Waals surface area contributed by atoms with Gasteiger partial charge >= 0.3 is 5.97 Å². The first-order valence-corrected chi connectivity index (χ1v) is 16.1. The Kier molecular flexibility index (Phi) is 9.56.